The van der Waals surface area contributed by atoms with Crippen LogP contribution < -0.4 is 15.9 Å². The van der Waals surface area contributed by atoms with Crippen LogP contribution in [-0.4, -0.2) is 46.7 Å². The van der Waals surface area contributed by atoms with Gasteiger partial charge in [0.25, 0.3) is 5.56 Å². The second-order valence-corrected chi connectivity index (χ2v) is 9.03. The van der Waals surface area contributed by atoms with Crippen molar-refractivity contribution in [3.63, 3.8) is 0 Å². The van der Waals surface area contributed by atoms with E-state index in [2.05, 4.69) is 14.8 Å². The van der Waals surface area contributed by atoms with Crippen LogP contribution in [0.1, 0.15) is 36.2 Å². The van der Waals surface area contributed by atoms with E-state index in [4.69, 9.17) is 14.1 Å². The third kappa shape index (κ3) is 3.96. The van der Waals surface area contributed by atoms with Gasteiger partial charge in [0.2, 0.25) is 5.95 Å². The van der Waals surface area contributed by atoms with E-state index in [0.29, 0.717) is 61.6 Å². The van der Waals surface area contributed by atoms with Crippen molar-refractivity contribution in [3.8, 4) is 0 Å². The number of aromatic nitrogens is 2. The fraction of sp³-hybridized carbons (Fsp3) is 0.458. The van der Waals surface area contributed by atoms with Crippen molar-refractivity contribution in [1.82, 2.24) is 14.9 Å². The quantitative estimate of drug-likeness (QED) is 0.674. The number of hydrogen-bond donors (Lipinski definition) is 1. The molecule has 8 nitrogen and oxygen atoms in total. The Bertz CT molecular complexity index is 1270. The number of nitrogens with zero attached hydrogens (tertiary/aromatic N) is 3. The van der Waals surface area contributed by atoms with E-state index in [1.807, 2.05) is 39.0 Å². The first-order valence-corrected chi connectivity index (χ1v) is 11.1. The van der Waals surface area contributed by atoms with Gasteiger partial charge >= 0.3 is 0 Å². The van der Waals surface area contributed by atoms with Crippen LogP contribution in [0.2, 0.25) is 0 Å². The molecular weight excluding hydrogens is 408 g/mol. The van der Waals surface area contributed by atoms with Crippen molar-refractivity contribution in [3.05, 3.63) is 67.4 Å². The van der Waals surface area contributed by atoms with Crippen LogP contribution in [-0.2, 0) is 24.2 Å². The second kappa shape index (κ2) is 8.18. The van der Waals surface area contributed by atoms with E-state index in [1.54, 1.807) is 6.26 Å². The summed E-state index contributed by atoms with van der Waals surface area (Å²) in [5, 5.41) is 0.604. The van der Waals surface area contributed by atoms with E-state index in [0.717, 1.165) is 16.8 Å². The molecule has 1 fully saturated rings. The van der Waals surface area contributed by atoms with Gasteiger partial charge < -0.3 is 14.1 Å². The van der Waals surface area contributed by atoms with Gasteiger partial charge in [-0.2, -0.15) is 0 Å². The number of anilines is 1. The fourth-order valence-corrected chi connectivity index (χ4v) is 4.75. The molecule has 0 saturated carbocycles. The number of ether oxygens (including phenoxy) is 1. The maximum atomic E-state index is 13.0. The van der Waals surface area contributed by atoms with Gasteiger partial charge in [-0.05, 0) is 39.3 Å². The Morgan fingerprint density at radius 1 is 1.19 bits per heavy atom. The average Bonchev–Trinajstić information content (AvgIpc) is 2.75. The number of benzene rings is 1. The van der Waals surface area contributed by atoms with Crippen LogP contribution in [0.5, 0.6) is 0 Å². The summed E-state index contributed by atoms with van der Waals surface area (Å²) < 4.78 is 11.5. The summed E-state index contributed by atoms with van der Waals surface area (Å²) >= 11 is 0. The summed E-state index contributed by atoms with van der Waals surface area (Å²) in [5.74, 6) is 0.596. The molecule has 5 rings (SSSR count). The Morgan fingerprint density at radius 3 is 2.75 bits per heavy atom. The van der Waals surface area contributed by atoms with Crippen LogP contribution in [0, 0.1) is 6.92 Å². The number of nitrogens with one attached hydrogen (secondary N) is 1. The summed E-state index contributed by atoms with van der Waals surface area (Å²) in [5.41, 5.74) is 3.68. The van der Waals surface area contributed by atoms with Crippen molar-refractivity contribution >= 4 is 16.9 Å². The molecule has 0 unspecified atom stereocenters. The van der Waals surface area contributed by atoms with Crippen molar-refractivity contribution in [2.45, 2.75) is 52.5 Å². The summed E-state index contributed by atoms with van der Waals surface area (Å²) in [6, 6.07) is 5.63. The summed E-state index contributed by atoms with van der Waals surface area (Å²) in [6.07, 6.45) is 2.31. The minimum absolute atomic E-state index is 0.00315. The average molecular weight is 437 g/mol. The molecule has 4 heterocycles. The smallest absolute Gasteiger partial charge is 0.255 e. The zero-order valence-corrected chi connectivity index (χ0v) is 18.7. The second-order valence-electron chi connectivity index (χ2n) is 9.03. The number of aromatic amines is 1. The SMILES string of the molecule is Cc1ccc2occ(CN3CCc4c(nc(N5C[C@H](C)O[C@@H](C)C5)[nH]c4=O)C3)c(=O)c2c1. The van der Waals surface area contributed by atoms with Gasteiger partial charge in [-0.3, -0.25) is 19.5 Å². The highest BCUT2D eigenvalue weighted by Crippen LogP contribution is 2.21. The molecular formula is C24H28N4O4. The molecule has 0 bridgehead atoms. The molecule has 0 aliphatic carbocycles. The van der Waals surface area contributed by atoms with E-state index in [-0.39, 0.29) is 23.2 Å². The number of H-pyrrole nitrogens is 1. The lowest BCUT2D eigenvalue weighted by molar-refractivity contribution is -0.00576. The molecule has 32 heavy (non-hydrogen) atoms. The molecule has 168 valence electrons. The molecule has 0 radical (unpaired) electrons. The summed E-state index contributed by atoms with van der Waals surface area (Å²) in [7, 11) is 0. The lowest BCUT2D eigenvalue weighted by Gasteiger charge is -2.36. The first-order chi connectivity index (χ1) is 15.4. The molecule has 2 atom stereocenters. The zero-order valence-electron chi connectivity index (χ0n) is 18.7. The topological polar surface area (TPSA) is 91.7 Å². The number of hydrogen-bond acceptors (Lipinski definition) is 7. The number of fused-ring (bicyclic) bond motifs is 2. The normalized spacial score (nSPS) is 21.7. The number of aryl methyl sites for hydroxylation is 1. The molecule has 1 aromatic carbocycles. The Balaban J connectivity index is 1.40. The highest BCUT2D eigenvalue weighted by atomic mass is 16.5. The van der Waals surface area contributed by atoms with Gasteiger partial charge in [0.15, 0.2) is 5.43 Å². The molecule has 2 aliphatic heterocycles. The third-order valence-electron chi connectivity index (χ3n) is 6.25. The predicted octanol–water partition coefficient (Wildman–Crippen LogP) is 2.36. The highest BCUT2D eigenvalue weighted by molar-refractivity contribution is 5.77. The van der Waals surface area contributed by atoms with Crippen molar-refractivity contribution in [1.29, 1.82) is 0 Å². The van der Waals surface area contributed by atoms with Crippen LogP contribution in [0.4, 0.5) is 5.95 Å². The Kier molecular flexibility index (Phi) is 5.35. The molecule has 8 heteroatoms. The van der Waals surface area contributed by atoms with E-state index in [1.165, 1.54) is 0 Å². The Labute approximate surface area is 185 Å². The summed E-state index contributed by atoms with van der Waals surface area (Å²) in [4.78, 5) is 37.8. The molecule has 0 spiro atoms. The van der Waals surface area contributed by atoms with Crippen LogP contribution >= 0.6 is 0 Å². The fourth-order valence-electron chi connectivity index (χ4n) is 4.75. The monoisotopic (exact) mass is 436 g/mol. The third-order valence-corrected chi connectivity index (χ3v) is 6.25. The van der Waals surface area contributed by atoms with Crippen LogP contribution in [0.25, 0.3) is 11.0 Å². The summed E-state index contributed by atoms with van der Waals surface area (Å²) in [6.45, 7) is 9.06. The maximum Gasteiger partial charge on any atom is 0.255 e. The molecule has 1 N–H and O–H groups in total. The molecule has 2 aliphatic rings. The van der Waals surface area contributed by atoms with E-state index < -0.39 is 0 Å². The Hall–Kier alpha value is -2.97. The molecule has 3 aromatic rings. The number of rotatable bonds is 3. The predicted molar refractivity (Wildman–Crippen MR) is 122 cm³/mol. The lowest BCUT2D eigenvalue weighted by Crippen LogP contribution is -2.47. The Morgan fingerprint density at radius 2 is 1.97 bits per heavy atom. The first kappa shape index (κ1) is 20.9. The molecule has 0 amide bonds. The maximum absolute atomic E-state index is 13.0. The molecule has 2 aromatic heterocycles. The standard InChI is InChI=1S/C24H28N4O4/c1-14-4-5-21-19(8-14)22(29)17(13-31-21)11-27-7-6-18-20(12-27)25-24(26-23(18)30)28-9-15(2)32-16(3)10-28/h4-5,8,13,15-16H,6-7,9-12H2,1-3H3,(H,25,26,30)/t15-,16-/m0/s1. The molecule has 1 saturated heterocycles. The minimum atomic E-state index is -0.0721. The lowest BCUT2D eigenvalue weighted by atomic mass is 10.1. The van der Waals surface area contributed by atoms with Gasteiger partial charge in [0.1, 0.15) is 5.58 Å². The van der Waals surface area contributed by atoms with Gasteiger partial charge in [-0.1, -0.05) is 11.6 Å². The van der Waals surface area contributed by atoms with Gasteiger partial charge in [0, 0.05) is 43.9 Å². The van der Waals surface area contributed by atoms with Gasteiger partial charge in [-0.15, -0.1) is 0 Å². The van der Waals surface area contributed by atoms with Crippen molar-refractivity contribution < 1.29 is 9.15 Å². The van der Waals surface area contributed by atoms with Crippen molar-refractivity contribution in [2.75, 3.05) is 24.5 Å². The van der Waals surface area contributed by atoms with E-state index in [9.17, 15) is 9.59 Å². The first-order valence-electron chi connectivity index (χ1n) is 11.1. The van der Waals surface area contributed by atoms with Crippen LogP contribution in [0.15, 0.2) is 38.5 Å². The largest absolute Gasteiger partial charge is 0.464 e. The van der Waals surface area contributed by atoms with Gasteiger partial charge in [-0.25, -0.2) is 4.98 Å². The van der Waals surface area contributed by atoms with Crippen LogP contribution in [0.3, 0.4) is 0 Å². The van der Waals surface area contributed by atoms with Gasteiger partial charge in [0.05, 0.1) is 29.6 Å². The highest BCUT2D eigenvalue weighted by Gasteiger charge is 2.27. The zero-order chi connectivity index (χ0) is 22.4. The number of morpholine rings is 1. The van der Waals surface area contributed by atoms with Crippen molar-refractivity contribution in [2.24, 2.45) is 0 Å². The minimum Gasteiger partial charge on any atom is -0.464 e. The van der Waals surface area contributed by atoms with E-state index >= 15 is 0 Å².